The number of aromatic nitrogens is 4. The topological polar surface area (TPSA) is 43.3 Å². The molecule has 0 bridgehead atoms. The van der Waals surface area contributed by atoms with Crippen molar-refractivity contribution in [3.05, 3.63) is 59.1 Å². The Kier molecular flexibility index (Phi) is 6.06. The van der Waals surface area contributed by atoms with Crippen LogP contribution in [0.3, 0.4) is 0 Å². The molecule has 1 aliphatic rings. The molecule has 3 heterocycles. The van der Waals surface area contributed by atoms with Crippen molar-refractivity contribution in [1.29, 1.82) is 0 Å². The number of para-hydroxylation sites is 1. The molecule has 1 N–H and O–H groups in total. The molecule has 0 saturated carbocycles. The first-order chi connectivity index (χ1) is 14.1. The maximum atomic E-state index is 5.65. The Hall–Kier alpha value is -2.51. The highest BCUT2D eigenvalue weighted by atomic mass is 32.1. The first kappa shape index (κ1) is 19.8. The van der Waals surface area contributed by atoms with Crippen LogP contribution in [-0.4, -0.2) is 39.5 Å². The maximum Gasteiger partial charge on any atom is 0.202 e. The maximum absolute atomic E-state index is 5.65. The molecule has 1 aliphatic heterocycles. The zero-order chi connectivity index (χ0) is 20.2. The van der Waals surface area contributed by atoms with Crippen LogP contribution in [0.25, 0.3) is 11.4 Å². The van der Waals surface area contributed by atoms with E-state index >= 15 is 0 Å². The molecule has 1 fully saturated rings. The summed E-state index contributed by atoms with van der Waals surface area (Å²) in [6.07, 6.45) is 7.50. The highest BCUT2D eigenvalue weighted by Crippen LogP contribution is 2.23. The molecule has 0 radical (unpaired) electrons. The molecule has 0 aliphatic carbocycles. The predicted octanol–water partition coefficient (Wildman–Crippen LogP) is 2.68. The molecule has 1 aromatic carbocycles. The van der Waals surface area contributed by atoms with Gasteiger partial charge in [0, 0.05) is 49.3 Å². The Bertz CT molecular complexity index is 1000. The van der Waals surface area contributed by atoms with Gasteiger partial charge < -0.3 is 14.4 Å². The van der Waals surface area contributed by atoms with Crippen LogP contribution in [-0.2, 0) is 20.3 Å². The minimum absolute atomic E-state index is 0.728. The van der Waals surface area contributed by atoms with Crippen LogP contribution in [0, 0.1) is 4.77 Å². The molecule has 152 valence electrons. The summed E-state index contributed by atoms with van der Waals surface area (Å²) >= 11 is 5.65. The second-order valence-electron chi connectivity index (χ2n) is 7.87. The first-order valence-electron chi connectivity index (χ1n) is 10.3. The molecule has 7 heteroatoms. The molecular formula is C22H29N6S+. The lowest BCUT2D eigenvalue weighted by atomic mass is 10.1. The summed E-state index contributed by atoms with van der Waals surface area (Å²) in [5, 5.41) is 4.79. The van der Waals surface area contributed by atoms with Crippen molar-refractivity contribution < 1.29 is 4.90 Å². The monoisotopic (exact) mass is 409 g/mol. The molecule has 0 spiro atoms. The summed E-state index contributed by atoms with van der Waals surface area (Å²) in [5.74, 6) is 0.874. The second-order valence-corrected chi connectivity index (χ2v) is 8.23. The molecule has 3 aromatic rings. The van der Waals surface area contributed by atoms with Gasteiger partial charge in [-0.1, -0.05) is 18.2 Å². The number of pyridine rings is 1. The fraction of sp³-hybridized carbons (Fsp3) is 0.409. The predicted molar refractivity (Wildman–Crippen MR) is 118 cm³/mol. The minimum Gasteiger partial charge on any atom is -0.371 e. The molecule has 29 heavy (non-hydrogen) atoms. The number of nitrogens with zero attached hydrogens (tertiary/aromatic N) is 5. The zero-order valence-electron chi connectivity index (χ0n) is 17.2. The summed E-state index contributed by atoms with van der Waals surface area (Å²) in [6, 6.07) is 12.7. The third kappa shape index (κ3) is 4.41. The third-order valence-electron chi connectivity index (χ3n) is 5.58. The van der Waals surface area contributed by atoms with Gasteiger partial charge in [-0.15, -0.1) is 5.10 Å². The Morgan fingerprint density at radius 2 is 1.76 bits per heavy atom. The Morgan fingerprint density at radius 1 is 1.03 bits per heavy atom. The number of rotatable bonds is 6. The van der Waals surface area contributed by atoms with Gasteiger partial charge in [0.15, 0.2) is 12.5 Å². The Balaban J connectivity index is 1.51. The van der Waals surface area contributed by atoms with E-state index in [4.69, 9.17) is 17.3 Å². The summed E-state index contributed by atoms with van der Waals surface area (Å²) in [4.78, 5) is 7.99. The largest absolute Gasteiger partial charge is 0.371 e. The van der Waals surface area contributed by atoms with E-state index in [1.807, 2.05) is 28.4 Å². The van der Waals surface area contributed by atoms with Crippen LogP contribution in [0.5, 0.6) is 0 Å². The van der Waals surface area contributed by atoms with Gasteiger partial charge in [-0.05, 0) is 49.7 Å². The van der Waals surface area contributed by atoms with Crippen molar-refractivity contribution in [3.8, 4) is 11.4 Å². The fourth-order valence-corrected chi connectivity index (χ4v) is 4.28. The molecule has 1 atom stereocenters. The molecular weight excluding hydrogens is 380 g/mol. The standard InChI is InChI=1S/C22H28N6S/c1-25(16-19-8-4-5-9-20(19)27-14-6-3-7-15-27)17-28-22(29)26(2)21(24-28)18-10-12-23-13-11-18/h4-5,8-13H,3,6-7,14-17H2,1-2H3/p+1. The van der Waals surface area contributed by atoms with Crippen molar-refractivity contribution in [2.75, 3.05) is 25.0 Å². The number of hydrogen-bond donors (Lipinski definition) is 1. The van der Waals surface area contributed by atoms with Gasteiger partial charge in [0.05, 0.1) is 7.05 Å². The summed E-state index contributed by atoms with van der Waals surface area (Å²) < 4.78 is 4.64. The van der Waals surface area contributed by atoms with E-state index in [1.165, 1.54) is 35.4 Å². The number of anilines is 1. The highest BCUT2D eigenvalue weighted by molar-refractivity contribution is 7.71. The van der Waals surface area contributed by atoms with E-state index in [2.05, 4.69) is 41.2 Å². The van der Waals surface area contributed by atoms with Gasteiger partial charge in [0.25, 0.3) is 0 Å². The highest BCUT2D eigenvalue weighted by Gasteiger charge is 2.17. The van der Waals surface area contributed by atoms with E-state index in [0.717, 1.165) is 42.5 Å². The van der Waals surface area contributed by atoms with Crippen LogP contribution in [0.1, 0.15) is 24.8 Å². The van der Waals surface area contributed by atoms with Crippen LogP contribution in [0.2, 0.25) is 0 Å². The van der Waals surface area contributed by atoms with Crippen molar-refractivity contribution in [1.82, 2.24) is 19.3 Å². The summed E-state index contributed by atoms with van der Waals surface area (Å²) in [5.41, 5.74) is 3.80. The van der Waals surface area contributed by atoms with Crippen molar-refractivity contribution in [2.45, 2.75) is 32.5 Å². The van der Waals surface area contributed by atoms with Gasteiger partial charge in [-0.3, -0.25) is 4.98 Å². The molecule has 1 unspecified atom stereocenters. The zero-order valence-corrected chi connectivity index (χ0v) is 18.0. The minimum atomic E-state index is 0.728. The lowest BCUT2D eigenvalue weighted by Crippen LogP contribution is -3.07. The normalized spacial score (nSPS) is 15.4. The van der Waals surface area contributed by atoms with Gasteiger partial charge in [0.2, 0.25) is 4.77 Å². The van der Waals surface area contributed by atoms with Gasteiger partial charge in [0.1, 0.15) is 6.54 Å². The third-order valence-corrected chi connectivity index (χ3v) is 6.06. The SMILES string of the molecule is Cn1c(-c2ccncc2)nn(C[NH+](C)Cc2ccccc2N2CCCCC2)c1=S. The smallest absolute Gasteiger partial charge is 0.202 e. The lowest BCUT2D eigenvalue weighted by molar-refractivity contribution is -0.917. The van der Waals surface area contributed by atoms with Gasteiger partial charge in [-0.2, -0.15) is 4.68 Å². The molecule has 6 nitrogen and oxygen atoms in total. The quantitative estimate of drug-likeness (QED) is 0.636. The lowest BCUT2D eigenvalue weighted by Gasteiger charge is -2.31. The van der Waals surface area contributed by atoms with Crippen LogP contribution in [0.15, 0.2) is 48.8 Å². The van der Waals surface area contributed by atoms with E-state index in [0.29, 0.717) is 0 Å². The number of benzene rings is 1. The Morgan fingerprint density at radius 3 is 2.52 bits per heavy atom. The van der Waals surface area contributed by atoms with Gasteiger partial charge in [-0.25, -0.2) is 0 Å². The second kappa shape index (κ2) is 8.88. The number of hydrogen-bond acceptors (Lipinski definition) is 4. The number of nitrogens with one attached hydrogen (secondary N) is 1. The number of quaternary nitrogens is 1. The fourth-order valence-electron chi connectivity index (χ4n) is 4.08. The average molecular weight is 410 g/mol. The summed E-state index contributed by atoms with van der Waals surface area (Å²) in [7, 11) is 4.18. The first-order valence-corrected chi connectivity index (χ1v) is 10.7. The number of piperidine rings is 1. The van der Waals surface area contributed by atoms with Crippen LogP contribution < -0.4 is 9.80 Å². The molecule has 0 amide bonds. The average Bonchev–Trinajstić information content (AvgIpc) is 3.04. The Labute approximate surface area is 177 Å². The van der Waals surface area contributed by atoms with E-state index in [1.54, 1.807) is 12.4 Å². The molecule has 2 aromatic heterocycles. The van der Waals surface area contributed by atoms with Crippen molar-refractivity contribution in [3.63, 3.8) is 0 Å². The van der Waals surface area contributed by atoms with Crippen molar-refractivity contribution in [2.24, 2.45) is 7.05 Å². The van der Waals surface area contributed by atoms with E-state index < -0.39 is 0 Å². The molecule has 4 rings (SSSR count). The molecule has 1 saturated heterocycles. The van der Waals surface area contributed by atoms with Crippen LogP contribution >= 0.6 is 12.2 Å². The van der Waals surface area contributed by atoms with Gasteiger partial charge >= 0.3 is 0 Å². The van der Waals surface area contributed by atoms with E-state index in [9.17, 15) is 0 Å². The van der Waals surface area contributed by atoms with E-state index in [-0.39, 0.29) is 0 Å². The van der Waals surface area contributed by atoms with Crippen molar-refractivity contribution >= 4 is 17.9 Å². The van der Waals surface area contributed by atoms with Crippen LogP contribution in [0.4, 0.5) is 5.69 Å². The summed E-state index contributed by atoms with van der Waals surface area (Å²) in [6.45, 7) is 4.00.